The molecule has 1 unspecified atom stereocenters. The van der Waals surface area contributed by atoms with Crippen molar-refractivity contribution < 1.29 is 33.5 Å². The highest BCUT2D eigenvalue weighted by Crippen LogP contribution is 2.31. The van der Waals surface area contributed by atoms with Crippen LogP contribution in [0.15, 0.2) is 71.9 Å². The van der Waals surface area contributed by atoms with Crippen LogP contribution in [0.4, 0.5) is 4.39 Å². The molecule has 2 atom stereocenters. The molecule has 0 aliphatic carbocycles. The lowest BCUT2D eigenvalue weighted by Crippen LogP contribution is -2.42. The van der Waals surface area contributed by atoms with Gasteiger partial charge in [0.05, 0.1) is 24.9 Å². The molecule has 10 heteroatoms. The van der Waals surface area contributed by atoms with Gasteiger partial charge in [0, 0.05) is 23.4 Å². The number of ether oxygens (including phenoxy) is 1. The second-order valence-corrected chi connectivity index (χ2v) is 10.6. The number of likely N-dealkylation sites (tertiary alicyclic amines) is 1. The molecule has 4 rings (SSSR count). The van der Waals surface area contributed by atoms with Gasteiger partial charge >= 0.3 is 5.97 Å². The highest BCUT2D eigenvalue weighted by molar-refractivity contribution is 6.30. The van der Waals surface area contributed by atoms with Crippen LogP contribution in [0.1, 0.15) is 60.0 Å². The van der Waals surface area contributed by atoms with E-state index in [1.165, 1.54) is 35.2 Å². The first-order valence-corrected chi connectivity index (χ1v) is 14.0. The lowest BCUT2D eigenvalue weighted by Gasteiger charge is -2.25. The maximum Gasteiger partial charge on any atom is 0.335 e. The Labute approximate surface area is 248 Å². The summed E-state index contributed by atoms with van der Waals surface area (Å²) in [5, 5.41) is 13.9. The number of rotatable bonds is 10. The van der Waals surface area contributed by atoms with E-state index in [0.29, 0.717) is 42.2 Å². The Hall–Kier alpha value is -4.24. The molecule has 1 aliphatic rings. The summed E-state index contributed by atoms with van der Waals surface area (Å²) in [6.07, 6.45) is 1.73. The summed E-state index contributed by atoms with van der Waals surface area (Å²) >= 11 is 6.23. The normalized spacial score (nSPS) is 17.0. The van der Waals surface area contributed by atoms with Gasteiger partial charge in [-0.15, -0.1) is 0 Å². The van der Waals surface area contributed by atoms with Gasteiger partial charge in [-0.1, -0.05) is 41.9 Å². The Morgan fingerprint density at radius 2 is 1.90 bits per heavy atom. The summed E-state index contributed by atoms with van der Waals surface area (Å²) < 4.78 is 19.1. The fourth-order valence-corrected chi connectivity index (χ4v) is 5.22. The number of hydrogen-bond donors (Lipinski definition) is 1. The number of carboxylic acids is 1. The molecular formula is C32H32ClFN2O6. The SMILES string of the molecule is CC[C@@H](CC(=O)N1C/C(=N/Oc2cccc(F)c2)CCC(Cc2cc(Cl)ccc2OC)C1=O)c1ccc(C(=O)O)cc1. The molecule has 0 bridgehead atoms. The predicted molar refractivity (Wildman–Crippen MR) is 157 cm³/mol. The number of aromatic carboxylic acids is 1. The van der Waals surface area contributed by atoms with E-state index in [2.05, 4.69) is 5.16 Å². The Bertz CT molecular complexity index is 1480. The summed E-state index contributed by atoms with van der Waals surface area (Å²) in [6, 6.07) is 17.2. The number of halogens is 2. The van der Waals surface area contributed by atoms with Crippen LogP contribution in [0.3, 0.4) is 0 Å². The first-order valence-electron chi connectivity index (χ1n) is 13.7. The number of carbonyl (C=O) groups excluding carboxylic acids is 2. The number of oxime groups is 1. The van der Waals surface area contributed by atoms with Crippen molar-refractivity contribution in [2.24, 2.45) is 11.1 Å². The number of benzene rings is 3. The number of nitrogens with zero attached hydrogens (tertiary/aromatic N) is 2. The van der Waals surface area contributed by atoms with Gasteiger partial charge in [-0.25, -0.2) is 9.18 Å². The van der Waals surface area contributed by atoms with Crippen molar-refractivity contribution in [2.45, 2.75) is 44.9 Å². The molecule has 0 radical (unpaired) electrons. The van der Waals surface area contributed by atoms with Crippen molar-refractivity contribution in [2.75, 3.05) is 13.7 Å². The molecule has 1 heterocycles. The average molecular weight is 595 g/mol. The van der Waals surface area contributed by atoms with Crippen molar-refractivity contribution in [3.05, 3.63) is 94.3 Å². The van der Waals surface area contributed by atoms with Gasteiger partial charge in [0.1, 0.15) is 11.6 Å². The Balaban J connectivity index is 1.60. The third-order valence-electron chi connectivity index (χ3n) is 7.37. The van der Waals surface area contributed by atoms with E-state index in [4.69, 9.17) is 21.2 Å². The van der Waals surface area contributed by atoms with Crippen molar-refractivity contribution in [1.29, 1.82) is 0 Å². The summed E-state index contributed by atoms with van der Waals surface area (Å²) in [6.45, 7) is 1.87. The molecule has 2 amide bonds. The molecule has 0 aromatic heterocycles. The van der Waals surface area contributed by atoms with Gasteiger partial charge in [0.15, 0.2) is 5.75 Å². The van der Waals surface area contributed by atoms with Crippen molar-refractivity contribution in [3.8, 4) is 11.5 Å². The standard InChI is InChI=1S/C32H32ClFN2O6/c1-3-20(21-7-9-22(10-8-21)32(39)40)17-30(37)36-19-27(35-42-28-6-4-5-26(34)18-28)13-11-23(31(36)38)15-24-16-25(33)12-14-29(24)41-2/h4-10,12,14,16,18,20,23H,3,11,13,15,17,19H2,1-2H3,(H,39,40)/b35-27+/t20-,23?/m0/s1. The van der Waals surface area contributed by atoms with Gasteiger partial charge in [-0.05, 0) is 85.2 Å². The highest BCUT2D eigenvalue weighted by atomic mass is 35.5. The van der Waals surface area contributed by atoms with Crippen LogP contribution in [0.2, 0.25) is 5.02 Å². The van der Waals surface area contributed by atoms with Gasteiger partial charge in [0.2, 0.25) is 11.8 Å². The molecule has 1 saturated heterocycles. The van der Waals surface area contributed by atoms with Crippen LogP contribution in [-0.2, 0) is 16.0 Å². The van der Waals surface area contributed by atoms with Gasteiger partial charge in [-0.2, -0.15) is 0 Å². The summed E-state index contributed by atoms with van der Waals surface area (Å²) in [5.41, 5.74) is 2.18. The van der Waals surface area contributed by atoms with Crippen LogP contribution in [0.25, 0.3) is 0 Å². The van der Waals surface area contributed by atoms with E-state index in [0.717, 1.165) is 11.1 Å². The number of carboxylic acid groups (broad SMARTS) is 1. The van der Waals surface area contributed by atoms with Gasteiger partial charge < -0.3 is 14.7 Å². The first-order chi connectivity index (χ1) is 20.2. The molecule has 3 aromatic carbocycles. The topological polar surface area (TPSA) is 106 Å². The van der Waals surface area contributed by atoms with Crippen LogP contribution >= 0.6 is 11.6 Å². The second kappa shape index (κ2) is 14.1. The fourth-order valence-electron chi connectivity index (χ4n) is 5.03. The summed E-state index contributed by atoms with van der Waals surface area (Å²) in [4.78, 5) is 45.6. The highest BCUT2D eigenvalue weighted by Gasteiger charge is 2.35. The van der Waals surface area contributed by atoms with Crippen molar-refractivity contribution in [1.82, 2.24) is 4.90 Å². The maximum atomic E-state index is 13.9. The Morgan fingerprint density at radius 3 is 2.57 bits per heavy atom. The molecule has 0 spiro atoms. The number of methoxy groups -OCH3 is 1. The summed E-state index contributed by atoms with van der Waals surface area (Å²) in [5.74, 6) is -2.22. The molecule has 1 fully saturated rings. The van der Waals surface area contributed by atoms with E-state index >= 15 is 0 Å². The fraction of sp³-hybridized carbons (Fsp3) is 0.312. The minimum Gasteiger partial charge on any atom is -0.496 e. The molecule has 1 aliphatic heterocycles. The molecular weight excluding hydrogens is 563 g/mol. The average Bonchev–Trinajstić information content (AvgIpc) is 3.13. The Morgan fingerprint density at radius 1 is 1.14 bits per heavy atom. The second-order valence-electron chi connectivity index (χ2n) is 10.2. The largest absolute Gasteiger partial charge is 0.496 e. The van der Waals surface area contributed by atoms with Crippen LogP contribution in [-0.4, -0.2) is 47.2 Å². The zero-order chi connectivity index (χ0) is 30.2. The first kappa shape index (κ1) is 30.7. The molecule has 3 aromatic rings. The van der Waals surface area contributed by atoms with Gasteiger partial charge in [-0.3, -0.25) is 14.5 Å². The molecule has 42 heavy (non-hydrogen) atoms. The monoisotopic (exact) mass is 594 g/mol. The predicted octanol–water partition coefficient (Wildman–Crippen LogP) is 6.51. The lowest BCUT2D eigenvalue weighted by molar-refractivity contribution is -0.146. The maximum absolute atomic E-state index is 13.9. The number of carbonyl (C=O) groups is 3. The lowest BCUT2D eigenvalue weighted by atomic mass is 9.91. The minimum atomic E-state index is -1.03. The van der Waals surface area contributed by atoms with Crippen LogP contribution in [0, 0.1) is 11.7 Å². The third kappa shape index (κ3) is 7.73. The molecule has 0 saturated carbocycles. The molecule has 8 nitrogen and oxygen atoms in total. The third-order valence-corrected chi connectivity index (χ3v) is 7.60. The minimum absolute atomic E-state index is 0.0416. The van der Waals surface area contributed by atoms with E-state index < -0.39 is 17.7 Å². The van der Waals surface area contributed by atoms with Crippen molar-refractivity contribution in [3.63, 3.8) is 0 Å². The number of hydrogen-bond acceptors (Lipinski definition) is 6. The number of imide groups is 1. The molecule has 1 N–H and O–H groups in total. The van der Waals surface area contributed by atoms with E-state index in [9.17, 15) is 23.9 Å². The summed E-state index contributed by atoms with van der Waals surface area (Å²) in [7, 11) is 1.54. The van der Waals surface area contributed by atoms with E-state index in [-0.39, 0.29) is 42.0 Å². The zero-order valence-corrected chi connectivity index (χ0v) is 24.1. The van der Waals surface area contributed by atoms with E-state index in [1.54, 1.807) is 43.5 Å². The van der Waals surface area contributed by atoms with Crippen LogP contribution in [0.5, 0.6) is 11.5 Å². The smallest absolute Gasteiger partial charge is 0.335 e. The van der Waals surface area contributed by atoms with Gasteiger partial charge in [0.25, 0.3) is 0 Å². The van der Waals surface area contributed by atoms with Crippen LogP contribution < -0.4 is 9.57 Å². The van der Waals surface area contributed by atoms with E-state index in [1.807, 2.05) is 6.92 Å². The van der Waals surface area contributed by atoms with Crippen molar-refractivity contribution >= 4 is 35.1 Å². The zero-order valence-electron chi connectivity index (χ0n) is 23.4. The quantitative estimate of drug-likeness (QED) is 0.268. The molecule has 220 valence electrons. The number of amides is 2. The Kier molecular flexibility index (Phi) is 10.3.